The SMILES string of the molecule is CC(C)(C)OC(=O)N[C@@H](C(=O)ON1C(=O)c2ccccc2C1=O)c1ccccc1. The third-order valence-electron chi connectivity index (χ3n) is 3.97. The maximum Gasteiger partial charge on any atom is 0.408 e. The molecule has 0 aliphatic carbocycles. The van der Waals surface area contributed by atoms with E-state index in [0.717, 1.165) is 0 Å². The van der Waals surface area contributed by atoms with E-state index in [-0.39, 0.29) is 11.1 Å². The molecule has 0 fully saturated rings. The van der Waals surface area contributed by atoms with Crippen molar-refractivity contribution in [3.05, 3.63) is 71.3 Å². The van der Waals surface area contributed by atoms with Crippen LogP contribution in [0.4, 0.5) is 4.79 Å². The summed E-state index contributed by atoms with van der Waals surface area (Å²) in [6, 6.07) is 13.2. The summed E-state index contributed by atoms with van der Waals surface area (Å²) in [5.74, 6) is -2.50. The fourth-order valence-electron chi connectivity index (χ4n) is 2.74. The molecule has 8 heteroatoms. The minimum atomic E-state index is -1.28. The Hall–Kier alpha value is -3.68. The van der Waals surface area contributed by atoms with Crippen molar-refractivity contribution in [2.45, 2.75) is 32.4 Å². The van der Waals surface area contributed by atoms with Crippen LogP contribution in [0, 0.1) is 0 Å². The third kappa shape index (κ3) is 4.43. The van der Waals surface area contributed by atoms with Gasteiger partial charge in [-0.15, -0.1) is 0 Å². The van der Waals surface area contributed by atoms with Gasteiger partial charge in [0.2, 0.25) is 0 Å². The van der Waals surface area contributed by atoms with Crippen LogP contribution in [-0.4, -0.2) is 34.5 Å². The first-order valence-electron chi connectivity index (χ1n) is 8.91. The molecule has 1 N–H and O–H groups in total. The van der Waals surface area contributed by atoms with Crippen molar-refractivity contribution >= 4 is 23.9 Å². The van der Waals surface area contributed by atoms with Crippen molar-refractivity contribution in [1.82, 2.24) is 10.4 Å². The summed E-state index contributed by atoms with van der Waals surface area (Å²) in [7, 11) is 0. The lowest BCUT2D eigenvalue weighted by Gasteiger charge is -2.24. The average molecular weight is 396 g/mol. The lowest BCUT2D eigenvalue weighted by Crippen LogP contribution is -2.42. The minimum Gasteiger partial charge on any atom is -0.444 e. The summed E-state index contributed by atoms with van der Waals surface area (Å²) < 4.78 is 5.20. The Morgan fingerprint density at radius 3 is 1.93 bits per heavy atom. The summed E-state index contributed by atoms with van der Waals surface area (Å²) >= 11 is 0. The quantitative estimate of drug-likeness (QED) is 0.797. The second kappa shape index (κ2) is 7.75. The maximum atomic E-state index is 12.8. The van der Waals surface area contributed by atoms with Gasteiger partial charge < -0.3 is 14.9 Å². The smallest absolute Gasteiger partial charge is 0.408 e. The largest absolute Gasteiger partial charge is 0.444 e. The topological polar surface area (TPSA) is 102 Å². The highest BCUT2D eigenvalue weighted by Gasteiger charge is 2.40. The van der Waals surface area contributed by atoms with Crippen LogP contribution >= 0.6 is 0 Å². The molecule has 0 spiro atoms. The van der Waals surface area contributed by atoms with Crippen LogP contribution in [0.25, 0.3) is 0 Å². The summed E-state index contributed by atoms with van der Waals surface area (Å²) in [4.78, 5) is 55.0. The number of nitrogens with zero attached hydrogens (tertiary/aromatic N) is 1. The molecule has 0 saturated heterocycles. The molecule has 0 saturated carbocycles. The molecule has 0 radical (unpaired) electrons. The van der Waals surface area contributed by atoms with Crippen LogP contribution in [0.15, 0.2) is 54.6 Å². The highest BCUT2D eigenvalue weighted by Crippen LogP contribution is 2.24. The number of nitrogens with one attached hydrogen (secondary N) is 1. The minimum absolute atomic E-state index is 0.140. The molecular weight excluding hydrogens is 376 g/mol. The predicted octanol–water partition coefficient (Wildman–Crippen LogP) is 3.01. The van der Waals surface area contributed by atoms with E-state index in [4.69, 9.17) is 9.57 Å². The van der Waals surface area contributed by atoms with Crippen molar-refractivity contribution in [3.63, 3.8) is 0 Å². The molecule has 8 nitrogen and oxygen atoms in total. The van der Waals surface area contributed by atoms with E-state index in [2.05, 4.69) is 5.32 Å². The Labute approximate surface area is 167 Å². The van der Waals surface area contributed by atoms with Crippen LogP contribution < -0.4 is 5.32 Å². The lowest BCUT2D eigenvalue weighted by molar-refractivity contribution is -0.171. The molecule has 2 aromatic carbocycles. The molecule has 0 aromatic heterocycles. The molecule has 1 aliphatic heterocycles. The number of imide groups is 1. The van der Waals surface area contributed by atoms with Crippen LogP contribution in [-0.2, 0) is 14.4 Å². The monoisotopic (exact) mass is 396 g/mol. The zero-order valence-corrected chi connectivity index (χ0v) is 16.2. The second-order valence-corrected chi connectivity index (χ2v) is 7.35. The number of alkyl carbamates (subject to hydrolysis) is 1. The van der Waals surface area contributed by atoms with Crippen molar-refractivity contribution in [3.8, 4) is 0 Å². The standard InChI is InChI=1S/C21H20N2O6/c1-21(2,3)28-20(27)22-16(13-9-5-4-6-10-13)19(26)29-23-17(24)14-11-7-8-12-15(14)18(23)25/h4-12,16H,1-3H3,(H,22,27)/t16-/m1/s1. The Morgan fingerprint density at radius 1 is 0.897 bits per heavy atom. The number of hydrogen-bond acceptors (Lipinski definition) is 6. The first-order chi connectivity index (χ1) is 13.7. The van der Waals surface area contributed by atoms with Gasteiger partial charge in [-0.05, 0) is 38.5 Å². The number of benzene rings is 2. The number of fused-ring (bicyclic) bond motifs is 1. The van der Waals surface area contributed by atoms with Gasteiger partial charge in [0.05, 0.1) is 11.1 Å². The number of rotatable bonds is 4. The van der Waals surface area contributed by atoms with Gasteiger partial charge >= 0.3 is 12.1 Å². The number of carbonyl (C=O) groups excluding carboxylic acids is 4. The van der Waals surface area contributed by atoms with E-state index in [1.54, 1.807) is 63.2 Å². The van der Waals surface area contributed by atoms with Crippen LogP contribution in [0.3, 0.4) is 0 Å². The number of amides is 3. The van der Waals surface area contributed by atoms with Crippen molar-refractivity contribution < 1.29 is 28.8 Å². The summed E-state index contributed by atoms with van der Waals surface area (Å²) in [5, 5.41) is 2.83. The van der Waals surface area contributed by atoms with Crippen LogP contribution in [0.5, 0.6) is 0 Å². The maximum absolute atomic E-state index is 12.8. The van der Waals surface area contributed by atoms with Crippen molar-refractivity contribution in [2.75, 3.05) is 0 Å². The number of ether oxygens (including phenoxy) is 1. The molecule has 2 aromatic rings. The molecule has 1 heterocycles. The van der Waals surface area contributed by atoms with Gasteiger partial charge in [0.25, 0.3) is 11.8 Å². The fourth-order valence-corrected chi connectivity index (χ4v) is 2.74. The predicted molar refractivity (Wildman–Crippen MR) is 102 cm³/mol. The van der Waals surface area contributed by atoms with Crippen LogP contribution in [0.1, 0.15) is 53.1 Å². The normalized spacial score (nSPS) is 14.2. The van der Waals surface area contributed by atoms with Gasteiger partial charge in [-0.25, -0.2) is 9.59 Å². The van der Waals surface area contributed by atoms with Crippen molar-refractivity contribution in [2.24, 2.45) is 0 Å². The van der Waals surface area contributed by atoms with Gasteiger partial charge in [0.1, 0.15) is 5.60 Å². The fraction of sp³-hybridized carbons (Fsp3) is 0.238. The molecular formula is C21H20N2O6. The van der Waals surface area contributed by atoms with E-state index in [1.165, 1.54) is 12.1 Å². The van der Waals surface area contributed by atoms with Gasteiger partial charge in [-0.1, -0.05) is 47.5 Å². The Kier molecular flexibility index (Phi) is 5.36. The Morgan fingerprint density at radius 2 is 1.41 bits per heavy atom. The van der Waals surface area contributed by atoms with Gasteiger partial charge in [0, 0.05) is 0 Å². The van der Waals surface area contributed by atoms with Crippen LogP contribution in [0.2, 0.25) is 0 Å². The van der Waals surface area contributed by atoms with Gasteiger partial charge in [-0.3, -0.25) is 9.59 Å². The summed E-state index contributed by atoms with van der Waals surface area (Å²) in [6.45, 7) is 5.05. The first-order valence-corrected chi connectivity index (χ1v) is 8.91. The van der Waals surface area contributed by atoms with E-state index >= 15 is 0 Å². The number of carbonyl (C=O) groups is 4. The summed E-state index contributed by atoms with van der Waals surface area (Å²) in [6.07, 6.45) is -0.842. The number of hydrogen-bond donors (Lipinski definition) is 1. The number of hydroxylamine groups is 2. The van der Waals surface area contributed by atoms with E-state index in [9.17, 15) is 19.2 Å². The zero-order valence-electron chi connectivity index (χ0n) is 16.2. The molecule has 1 atom stereocenters. The molecule has 1 aliphatic rings. The molecule has 3 rings (SSSR count). The second-order valence-electron chi connectivity index (χ2n) is 7.35. The van der Waals surface area contributed by atoms with E-state index < -0.39 is 35.5 Å². The van der Waals surface area contributed by atoms with Crippen molar-refractivity contribution in [1.29, 1.82) is 0 Å². The molecule has 150 valence electrons. The first kappa shape index (κ1) is 20.1. The highest BCUT2D eigenvalue weighted by molar-refractivity contribution is 6.20. The Balaban J connectivity index is 1.81. The van der Waals surface area contributed by atoms with E-state index in [1.807, 2.05) is 0 Å². The molecule has 3 amide bonds. The Bertz CT molecular complexity index is 930. The average Bonchev–Trinajstić information content (AvgIpc) is 2.90. The molecule has 0 bridgehead atoms. The highest BCUT2D eigenvalue weighted by atomic mass is 16.7. The molecule has 0 unspecified atom stereocenters. The third-order valence-corrected chi connectivity index (χ3v) is 3.97. The van der Waals surface area contributed by atoms with Gasteiger partial charge in [-0.2, -0.15) is 0 Å². The molecule has 29 heavy (non-hydrogen) atoms. The zero-order chi connectivity index (χ0) is 21.2. The van der Waals surface area contributed by atoms with Gasteiger partial charge in [0.15, 0.2) is 6.04 Å². The van der Waals surface area contributed by atoms with E-state index in [0.29, 0.717) is 10.6 Å². The summed E-state index contributed by atoms with van der Waals surface area (Å²) in [5.41, 5.74) is -0.0964. The lowest BCUT2D eigenvalue weighted by atomic mass is 10.1.